The largest absolute Gasteiger partial charge is 0.378 e. The maximum atomic E-state index is 5.52. The molecular weight excluding hydrogens is 352 g/mol. The zero-order valence-electron chi connectivity index (χ0n) is 16.9. The lowest BCUT2D eigenvalue weighted by Gasteiger charge is -2.27. The minimum absolute atomic E-state index is 0.722. The molecule has 3 aromatic rings. The van der Waals surface area contributed by atoms with Gasteiger partial charge in [-0.05, 0) is 34.0 Å². The molecule has 0 radical (unpaired) electrons. The van der Waals surface area contributed by atoms with Crippen LogP contribution in [0.15, 0.2) is 30.3 Å². The van der Waals surface area contributed by atoms with Crippen molar-refractivity contribution in [1.82, 2.24) is 24.4 Å². The van der Waals surface area contributed by atoms with Gasteiger partial charge in [-0.25, -0.2) is 15.0 Å². The van der Waals surface area contributed by atoms with Crippen LogP contribution in [0.5, 0.6) is 0 Å². The van der Waals surface area contributed by atoms with Crippen molar-refractivity contribution >= 4 is 17.0 Å². The Morgan fingerprint density at radius 1 is 1.04 bits per heavy atom. The molecule has 0 unspecified atom stereocenters. The number of rotatable bonds is 6. The Hall–Kier alpha value is -2.51. The minimum Gasteiger partial charge on any atom is -0.378 e. The van der Waals surface area contributed by atoms with Crippen LogP contribution in [0.2, 0.25) is 0 Å². The molecule has 0 spiro atoms. The van der Waals surface area contributed by atoms with E-state index in [2.05, 4.69) is 52.7 Å². The van der Waals surface area contributed by atoms with Crippen LogP contribution in [0, 0.1) is 6.92 Å². The van der Waals surface area contributed by atoms with E-state index in [1.807, 2.05) is 13.0 Å². The van der Waals surface area contributed by atoms with E-state index in [0.29, 0.717) is 0 Å². The molecule has 4 rings (SSSR count). The molecule has 0 aliphatic carbocycles. The first-order valence-corrected chi connectivity index (χ1v) is 9.91. The molecule has 0 amide bonds. The quantitative estimate of drug-likeness (QED) is 0.655. The van der Waals surface area contributed by atoms with Gasteiger partial charge in [0.25, 0.3) is 0 Å². The first kappa shape index (κ1) is 18.8. The number of aromatic nitrogens is 4. The van der Waals surface area contributed by atoms with Gasteiger partial charge in [0, 0.05) is 25.2 Å². The van der Waals surface area contributed by atoms with Gasteiger partial charge in [-0.15, -0.1) is 0 Å². The Labute approximate surface area is 166 Å². The van der Waals surface area contributed by atoms with Crippen LogP contribution in [0.25, 0.3) is 22.6 Å². The second-order valence-electron chi connectivity index (χ2n) is 7.48. The lowest BCUT2D eigenvalue weighted by atomic mass is 10.2. The maximum Gasteiger partial charge on any atom is 0.166 e. The van der Waals surface area contributed by atoms with Crippen LogP contribution < -0.4 is 4.90 Å². The van der Waals surface area contributed by atoms with Crippen molar-refractivity contribution in [2.45, 2.75) is 19.9 Å². The molecule has 0 saturated carbocycles. The Balaban J connectivity index is 1.83. The standard InChI is InChI=1S/C21H28N6O/c1-16-22-20(26-12-14-28-15-13-26)18-21(23-16)27(11-7-10-25(2)3)19(24-18)17-8-5-4-6-9-17/h4-6,8-9H,7,10-15H2,1-3H3. The molecule has 1 saturated heterocycles. The topological polar surface area (TPSA) is 59.3 Å². The molecular formula is C21H28N6O. The second kappa shape index (κ2) is 8.24. The number of morpholine rings is 1. The Bertz CT molecular complexity index is 931. The summed E-state index contributed by atoms with van der Waals surface area (Å²) in [6.45, 7) is 6.97. The molecule has 1 aliphatic rings. The summed E-state index contributed by atoms with van der Waals surface area (Å²) in [6, 6.07) is 10.4. The third-order valence-electron chi connectivity index (χ3n) is 5.02. The molecule has 0 N–H and O–H groups in total. The monoisotopic (exact) mass is 380 g/mol. The van der Waals surface area contributed by atoms with Crippen molar-refractivity contribution in [1.29, 1.82) is 0 Å². The number of benzene rings is 1. The number of anilines is 1. The summed E-state index contributed by atoms with van der Waals surface area (Å²) in [5, 5.41) is 0. The predicted octanol–water partition coefficient (Wildman–Crippen LogP) is 2.59. The maximum absolute atomic E-state index is 5.52. The lowest BCUT2D eigenvalue weighted by molar-refractivity contribution is 0.122. The fraction of sp³-hybridized carbons (Fsp3) is 0.476. The lowest BCUT2D eigenvalue weighted by Crippen LogP contribution is -2.37. The van der Waals surface area contributed by atoms with Crippen molar-refractivity contribution < 1.29 is 4.74 Å². The molecule has 2 aromatic heterocycles. The van der Waals surface area contributed by atoms with E-state index < -0.39 is 0 Å². The summed E-state index contributed by atoms with van der Waals surface area (Å²) >= 11 is 0. The van der Waals surface area contributed by atoms with E-state index in [4.69, 9.17) is 19.7 Å². The number of fused-ring (bicyclic) bond motifs is 1. The summed E-state index contributed by atoms with van der Waals surface area (Å²) in [6.07, 6.45) is 1.04. The van der Waals surface area contributed by atoms with Crippen molar-refractivity contribution in [2.24, 2.45) is 0 Å². The van der Waals surface area contributed by atoms with Gasteiger partial charge in [-0.2, -0.15) is 0 Å². The molecule has 7 heteroatoms. The first-order valence-electron chi connectivity index (χ1n) is 9.91. The smallest absolute Gasteiger partial charge is 0.166 e. The van der Waals surface area contributed by atoms with Crippen LogP contribution in [-0.2, 0) is 11.3 Å². The fourth-order valence-electron chi connectivity index (χ4n) is 3.65. The van der Waals surface area contributed by atoms with Crippen molar-refractivity contribution in [3.05, 3.63) is 36.2 Å². The zero-order chi connectivity index (χ0) is 19.5. The van der Waals surface area contributed by atoms with Gasteiger partial charge >= 0.3 is 0 Å². The van der Waals surface area contributed by atoms with Gasteiger partial charge in [-0.1, -0.05) is 30.3 Å². The number of imidazole rings is 1. The highest BCUT2D eigenvalue weighted by Crippen LogP contribution is 2.29. The first-order chi connectivity index (χ1) is 13.6. The van der Waals surface area contributed by atoms with Crippen LogP contribution >= 0.6 is 0 Å². The molecule has 1 fully saturated rings. The third-order valence-corrected chi connectivity index (χ3v) is 5.02. The average molecular weight is 380 g/mol. The number of hydrogen-bond donors (Lipinski definition) is 0. The van der Waals surface area contributed by atoms with Gasteiger partial charge in [0.15, 0.2) is 17.0 Å². The predicted molar refractivity (Wildman–Crippen MR) is 112 cm³/mol. The van der Waals surface area contributed by atoms with Crippen LogP contribution in [0.1, 0.15) is 12.2 Å². The van der Waals surface area contributed by atoms with Crippen LogP contribution in [-0.4, -0.2) is 71.4 Å². The highest BCUT2D eigenvalue weighted by Gasteiger charge is 2.22. The molecule has 1 aromatic carbocycles. The summed E-state index contributed by atoms with van der Waals surface area (Å²) in [5.74, 6) is 2.67. The Morgan fingerprint density at radius 3 is 2.50 bits per heavy atom. The average Bonchev–Trinajstić information content (AvgIpc) is 3.07. The molecule has 0 atom stereocenters. The molecule has 1 aliphatic heterocycles. The third kappa shape index (κ3) is 3.86. The highest BCUT2D eigenvalue weighted by molar-refractivity contribution is 5.87. The molecule has 28 heavy (non-hydrogen) atoms. The van der Waals surface area contributed by atoms with Crippen molar-refractivity contribution in [3.63, 3.8) is 0 Å². The summed E-state index contributed by atoms with van der Waals surface area (Å²) in [7, 11) is 4.21. The van der Waals surface area contributed by atoms with Crippen LogP contribution in [0.3, 0.4) is 0 Å². The number of hydrogen-bond acceptors (Lipinski definition) is 6. The number of aryl methyl sites for hydroxylation is 2. The van der Waals surface area contributed by atoms with Gasteiger partial charge in [0.2, 0.25) is 0 Å². The van der Waals surface area contributed by atoms with E-state index in [9.17, 15) is 0 Å². The SMILES string of the molecule is Cc1nc(N2CCOCC2)c2nc(-c3ccccc3)n(CCCN(C)C)c2n1. The van der Waals surface area contributed by atoms with E-state index in [1.54, 1.807) is 0 Å². The van der Waals surface area contributed by atoms with E-state index in [1.165, 1.54) is 0 Å². The molecule has 3 heterocycles. The molecule has 148 valence electrons. The van der Waals surface area contributed by atoms with E-state index in [-0.39, 0.29) is 0 Å². The van der Waals surface area contributed by atoms with Gasteiger partial charge < -0.3 is 19.1 Å². The highest BCUT2D eigenvalue weighted by atomic mass is 16.5. The Morgan fingerprint density at radius 2 is 1.79 bits per heavy atom. The van der Waals surface area contributed by atoms with Gasteiger partial charge in [0.1, 0.15) is 11.6 Å². The normalized spacial score (nSPS) is 14.9. The number of nitrogens with zero attached hydrogens (tertiary/aromatic N) is 6. The van der Waals surface area contributed by atoms with Crippen molar-refractivity contribution in [3.8, 4) is 11.4 Å². The fourth-order valence-corrected chi connectivity index (χ4v) is 3.65. The van der Waals surface area contributed by atoms with Gasteiger partial charge in [-0.3, -0.25) is 0 Å². The van der Waals surface area contributed by atoms with E-state index in [0.717, 1.165) is 80.0 Å². The van der Waals surface area contributed by atoms with Gasteiger partial charge in [0.05, 0.1) is 13.2 Å². The van der Waals surface area contributed by atoms with Crippen LogP contribution in [0.4, 0.5) is 5.82 Å². The Kier molecular flexibility index (Phi) is 5.54. The molecule has 0 bridgehead atoms. The zero-order valence-corrected chi connectivity index (χ0v) is 16.9. The summed E-state index contributed by atoms with van der Waals surface area (Å²) < 4.78 is 7.78. The number of ether oxygens (including phenoxy) is 1. The van der Waals surface area contributed by atoms with E-state index >= 15 is 0 Å². The summed E-state index contributed by atoms with van der Waals surface area (Å²) in [5.41, 5.74) is 2.92. The minimum atomic E-state index is 0.722. The van der Waals surface area contributed by atoms with Crippen molar-refractivity contribution in [2.75, 3.05) is 51.8 Å². The molecule has 7 nitrogen and oxygen atoms in total. The summed E-state index contributed by atoms with van der Waals surface area (Å²) in [4.78, 5) is 19.1. The second-order valence-corrected chi connectivity index (χ2v) is 7.48.